The van der Waals surface area contributed by atoms with Crippen LogP contribution in [0.25, 0.3) is 5.03 Å². The molecule has 2 aromatic heterocycles. The van der Waals surface area contributed by atoms with E-state index in [2.05, 4.69) is 10.1 Å². The standard InChI is InChI=1S/C13H11Cl2F3N6O3S/c1-2-24-5-9(10(15)20-24)28(26,27)21-12(25)8-4-22-6-23(13(16,17)18)3-7(14)11(22)19-8/h3-5H,2,6H2,1H3,(H,21,25). The molecule has 0 saturated heterocycles. The van der Waals surface area contributed by atoms with Gasteiger partial charge in [-0.05, 0) is 6.92 Å². The molecule has 0 aromatic carbocycles. The van der Waals surface area contributed by atoms with Crippen LogP contribution in [0.4, 0.5) is 13.2 Å². The monoisotopic (exact) mass is 458 g/mol. The van der Waals surface area contributed by atoms with Crippen molar-refractivity contribution >= 4 is 44.2 Å². The largest absolute Gasteiger partial charge is 0.485 e. The van der Waals surface area contributed by atoms with Gasteiger partial charge in [0.2, 0.25) is 0 Å². The molecule has 0 spiro atoms. The lowest BCUT2D eigenvalue weighted by Gasteiger charge is -2.27. The molecule has 9 nitrogen and oxygen atoms in total. The summed E-state index contributed by atoms with van der Waals surface area (Å²) in [4.78, 5) is 15.7. The van der Waals surface area contributed by atoms with Crippen molar-refractivity contribution in [1.82, 2.24) is 29.0 Å². The van der Waals surface area contributed by atoms with Gasteiger partial charge < -0.3 is 4.57 Å². The number of halogens is 5. The molecule has 3 heterocycles. The maximum absolute atomic E-state index is 12.9. The molecule has 3 rings (SSSR count). The predicted octanol–water partition coefficient (Wildman–Crippen LogP) is 2.20. The molecule has 0 bridgehead atoms. The van der Waals surface area contributed by atoms with Gasteiger partial charge in [-0.3, -0.25) is 14.4 Å². The Kier molecular flexibility index (Phi) is 5.10. The Morgan fingerprint density at radius 2 is 2.00 bits per heavy atom. The minimum Gasteiger partial charge on any atom is -0.311 e. The highest BCUT2D eigenvalue weighted by Gasteiger charge is 2.38. The van der Waals surface area contributed by atoms with Crippen LogP contribution < -0.4 is 4.72 Å². The fourth-order valence-electron chi connectivity index (χ4n) is 2.33. The second kappa shape index (κ2) is 6.97. The lowest BCUT2D eigenvalue weighted by Crippen LogP contribution is -2.37. The first kappa shape index (κ1) is 20.5. The van der Waals surface area contributed by atoms with Gasteiger partial charge in [0.25, 0.3) is 15.9 Å². The molecule has 0 aliphatic carbocycles. The second-order valence-corrected chi connectivity index (χ2v) is 7.97. The number of hydrogen-bond donors (Lipinski definition) is 1. The Labute approximate surface area is 166 Å². The second-order valence-electron chi connectivity index (χ2n) is 5.55. The van der Waals surface area contributed by atoms with Crippen molar-refractivity contribution in [1.29, 1.82) is 0 Å². The van der Waals surface area contributed by atoms with Crippen LogP contribution >= 0.6 is 23.2 Å². The van der Waals surface area contributed by atoms with Crippen LogP contribution in [0.1, 0.15) is 23.2 Å². The van der Waals surface area contributed by atoms with Gasteiger partial charge in [-0.15, -0.1) is 0 Å². The number of hydrogen-bond acceptors (Lipinski definition) is 6. The van der Waals surface area contributed by atoms with Crippen molar-refractivity contribution in [3.63, 3.8) is 0 Å². The van der Waals surface area contributed by atoms with Crippen molar-refractivity contribution in [3.05, 3.63) is 35.3 Å². The summed E-state index contributed by atoms with van der Waals surface area (Å²) >= 11 is 11.6. The van der Waals surface area contributed by atoms with E-state index >= 15 is 0 Å². The molecule has 0 saturated carbocycles. The number of nitrogens with zero attached hydrogens (tertiary/aromatic N) is 5. The Morgan fingerprint density at radius 1 is 1.32 bits per heavy atom. The first-order valence-corrected chi connectivity index (χ1v) is 9.74. The predicted molar refractivity (Wildman–Crippen MR) is 91.5 cm³/mol. The molecule has 1 N–H and O–H groups in total. The van der Waals surface area contributed by atoms with Crippen LogP contribution in [0.3, 0.4) is 0 Å². The summed E-state index contributed by atoms with van der Waals surface area (Å²) in [6.45, 7) is 1.35. The van der Waals surface area contributed by atoms with Gasteiger partial charge in [0.15, 0.2) is 11.0 Å². The fourth-order valence-corrected chi connectivity index (χ4v) is 4.03. The van der Waals surface area contributed by atoms with E-state index in [1.165, 1.54) is 4.68 Å². The maximum atomic E-state index is 12.9. The zero-order chi connectivity index (χ0) is 20.9. The van der Waals surface area contributed by atoms with E-state index in [9.17, 15) is 26.4 Å². The highest BCUT2D eigenvalue weighted by Crippen LogP contribution is 2.31. The van der Waals surface area contributed by atoms with Gasteiger partial charge in [0.1, 0.15) is 17.3 Å². The molecule has 1 aliphatic heterocycles. The van der Waals surface area contributed by atoms with Crippen LogP contribution in [0, 0.1) is 0 Å². The summed E-state index contributed by atoms with van der Waals surface area (Å²) in [7, 11) is -4.38. The molecule has 0 unspecified atom stereocenters. The highest BCUT2D eigenvalue weighted by atomic mass is 35.5. The molecule has 0 radical (unpaired) electrons. The molecule has 152 valence electrons. The molecule has 1 amide bonds. The van der Waals surface area contributed by atoms with Gasteiger partial charge >= 0.3 is 6.30 Å². The Hall–Kier alpha value is -2.25. The number of carbonyl (C=O) groups excluding carboxylic acids is 1. The molecule has 28 heavy (non-hydrogen) atoms. The van der Waals surface area contributed by atoms with Crippen molar-refractivity contribution in [2.24, 2.45) is 0 Å². The number of alkyl halides is 3. The Balaban J connectivity index is 1.85. The zero-order valence-corrected chi connectivity index (χ0v) is 16.2. The Bertz CT molecular complexity index is 1080. The van der Waals surface area contributed by atoms with Gasteiger partial charge in [-0.25, -0.2) is 18.1 Å². The van der Waals surface area contributed by atoms with E-state index in [1.807, 2.05) is 0 Å². The summed E-state index contributed by atoms with van der Waals surface area (Å²) in [6, 6.07) is 0. The van der Waals surface area contributed by atoms with Crippen LogP contribution in [-0.4, -0.2) is 44.9 Å². The maximum Gasteiger partial charge on any atom is 0.485 e. The lowest BCUT2D eigenvalue weighted by molar-refractivity contribution is -0.237. The van der Waals surface area contributed by atoms with Crippen molar-refractivity contribution in [2.45, 2.75) is 31.3 Å². The number of fused-ring (bicyclic) bond motifs is 1. The fraction of sp³-hybridized carbons (Fsp3) is 0.308. The third kappa shape index (κ3) is 3.82. The molecule has 0 fully saturated rings. The van der Waals surface area contributed by atoms with Crippen molar-refractivity contribution in [2.75, 3.05) is 0 Å². The van der Waals surface area contributed by atoms with E-state index in [-0.39, 0.29) is 20.9 Å². The number of nitrogens with one attached hydrogen (secondary N) is 1. The quantitative estimate of drug-likeness (QED) is 0.704. The van der Waals surface area contributed by atoms with Crippen molar-refractivity contribution in [3.8, 4) is 0 Å². The van der Waals surface area contributed by atoms with Crippen LogP contribution in [0.2, 0.25) is 5.15 Å². The minimum absolute atomic E-state index is 0.0125. The lowest BCUT2D eigenvalue weighted by atomic mass is 10.4. The average molecular weight is 459 g/mol. The molecule has 2 aromatic rings. The van der Waals surface area contributed by atoms with Gasteiger partial charge in [0.05, 0.1) is 5.03 Å². The van der Waals surface area contributed by atoms with E-state index in [0.717, 1.165) is 17.0 Å². The van der Waals surface area contributed by atoms with Crippen LogP contribution in [0.15, 0.2) is 23.5 Å². The molecule has 0 atom stereocenters. The number of aryl methyl sites for hydroxylation is 1. The first-order chi connectivity index (χ1) is 12.9. The van der Waals surface area contributed by atoms with Crippen LogP contribution in [0.5, 0.6) is 0 Å². The van der Waals surface area contributed by atoms with E-state index in [1.54, 1.807) is 11.6 Å². The number of sulfonamides is 1. The van der Waals surface area contributed by atoms with E-state index in [0.29, 0.717) is 12.7 Å². The van der Waals surface area contributed by atoms with Crippen molar-refractivity contribution < 1.29 is 26.4 Å². The first-order valence-electron chi connectivity index (χ1n) is 7.51. The number of imidazole rings is 1. The SMILES string of the molecule is CCn1cc(S(=O)(=O)NC(=O)c2cn3c(n2)C(Cl)=CN(C(F)(F)F)C3)c(Cl)n1. The third-order valence-corrected chi connectivity index (χ3v) is 5.64. The molecule has 1 aliphatic rings. The summed E-state index contributed by atoms with van der Waals surface area (Å²) in [6.07, 6.45) is -1.96. The molecular weight excluding hydrogens is 448 g/mol. The van der Waals surface area contributed by atoms with Crippen LogP contribution in [-0.2, 0) is 23.2 Å². The zero-order valence-electron chi connectivity index (χ0n) is 13.9. The topological polar surface area (TPSA) is 102 Å². The Morgan fingerprint density at radius 3 is 2.57 bits per heavy atom. The van der Waals surface area contributed by atoms with Gasteiger partial charge in [-0.2, -0.15) is 18.3 Å². The highest BCUT2D eigenvalue weighted by molar-refractivity contribution is 7.90. The third-order valence-electron chi connectivity index (χ3n) is 3.65. The average Bonchev–Trinajstić information content (AvgIpc) is 3.17. The molecule has 15 heteroatoms. The van der Waals surface area contributed by atoms with Gasteiger partial charge in [-0.1, -0.05) is 23.2 Å². The summed E-state index contributed by atoms with van der Waals surface area (Å²) in [5.74, 6) is -1.27. The normalized spacial score (nSPS) is 14.6. The summed E-state index contributed by atoms with van der Waals surface area (Å²) in [5.41, 5.74) is -0.437. The molecular formula is C13H11Cl2F3N6O3S. The van der Waals surface area contributed by atoms with Gasteiger partial charge in [0, 0.05) is 25.1 Å². The number of rotatable bonds is 4. The van der Waals surface area contributed by atoms with E-state index < -0.39 is 39.5 Å². The summed E-state index contributed by atoms with van der Waals surface area (Å²) < 4.78 is 67.3. The number of amides is 1. The number of carbonyl (C=O) groups is 1. The number of aromatic nitrogens is 4. The smallest absolute Gasteiger partial charge is 0.311 e. The van der Waals surface area contributed by atoms with E-state index in [4.69, 9.17) is 23.2 Å². The minimum atomic E-state index is -4.69. The summed E-state index contributed by atoms with van der Waals surface area (Å²) in [5, 5.41) is 3.07.